The number of amides is 1. The van der Waals surface area contributed by atoms with Crippen LogP contribution in [0.3, 0.4) is 0 Å². The van der Waals surface area contributed by atoms with Gasteiger partial charge in [-0.2, -0.15) is 0 Å². The lowest BCUT2D eigenvalue weighted by Crippen LogP contribution is -2.39. The fourth-order valence-corrected chi connectivity index (χ4v) is 3.04. The zero-order chi connectivity index (χ0) is 15.6. The zero-order valence-corrected chi connectivity index (χ0v) is 12.6. The fourth-order valence-electron chi connectivity index (χ4n) is 2.82. The van der Waals surface area contributed by atoms with Gasteiger partial charge < -0.3 is 10.6 Å². The first-order valence-corrected chi connectivity index (χ1v) is 7.37. The molecule has 2 rings (SSSR count). The number of carbonyl (C=O) groups excluding carboxylic acids is 1. The smallest absolute Gasteiger partial charge is 0.271 e. The number of hydrogen-bond donors (Lipinski definition) is 1. The van der Waals surface area contributed by atoms with Gasteiger partial charge in [0.15, 0.2) is 0 Å². The number of non-ortho nitro benzene ring substituents is 1. The third-order valence-electron chi connectivity index (χ3n) is 3.92. The summed E-state index contributed by atoms with van der Waals surface area (Å²) in [6.45, 7) is 2.44. The summed E-state index contributed by atoms with van der Waals surface area (Å²) in [6.07, 6.45) is 4.11. The largest absolute Gasteiger partial charge is 0.397 e. The summed E-state index contributed by atoms with van der Waals surface area (Å²) in [5.74, 6) is -0.285. The van der Waals surface area contributed by atoms with E-state index in [4.69, 9.17) is 17.3 Å². The van der Waals surface area contributed by atoms with Gasteiger partial charge in [0, 0.05) is 24.7 Å². The lowest BCUT2D eigenvalue weighted by atomic mass is 10.1. The predicted molar refractivity (Wildman–Crippen MR) is 81.5 cm³/mol. The normalized spacial score (nSPS) is 15.1. The average Bonchev–Trinajstić information content (AvgIpc) is 2.96. The summed E-state index contributed by atoms with van der Waals surface area (Å²) in [5, 5.41) is 11.0. The fraction of sp³-hybridized carbons (Fsp3) is 0.500. The van der Waals surface area contributed by atoms with Crippen molar-refractivity contribution in [3.63, 3.8) is 0 Å². The van der Waals surface area contributed by atoms with E-state index >= 15 is 0 Å². The van der Waals surface area contributed by atoms with Crippen LogP contribution in [0.5, 0.6) is 0 Å². The van der Waals surface area contributed by atoms with E-state index in [9.17, 15) is 14.9 Å². The lowest BCUT2D eigenvalue weighted by molar-refractivity contribution is -0.384. The molecule has 1 fully saturated rings. The van der Waals surface area contributed by atoms with Gasteiger partial charge >= 0.3 is 0 Å². The summed E-state index contributed by atoms with van der Waals surface area (Å²) >= 11 is 5.91. The summed E-state index contributed by atoms with van der Waals surface area (Å²) in [5.41, 5.74) is 5.83. The van der Waals surface area contributed by atoms with Crippen molar-refractivity contribution >= 4 is 28.9 Å². The topological polar surface area (TPSA) is 89.5 Å². The van der Waals surface area contributed by atoms with Crippen LogP contribution in [0.4, 0.5) is 11.4 Å². The number of nitrogen functional groups attached to an aromatic ring is 1. The molecule has 1 amide bonds. The molecule has 0 aliphatic heterocycles. The lowest BCUT2D eigenvalue weighted by Gasteiger charge is -2.28. The van der Waals surface area contributed by atoms with E-state index in [0.717, 1.165) is 25.7 Å². The van der Waals surface area contributed by atoms with Gasteiger partial charge in [-0.25, -0.2) is 0 Å². The molecule has 1 saturated carbocycles. The third-order valence-corrected chi connectivity index (χ3v) is 4.24. The number of nitrogens with two attached hydrogens (primary N) is 1. The van der Waals surface area contributed by atoms with E-state index in [-0.39, 0.29) is 33.9 Å². The second kappa shape index (κ2) is 6.30. The number of halogens is 1. The van der Waals surface area contributed by atoms with Crippen molar-refractivity contribution in [3.05, 3.63) is 32.8 Å². The molecule has 0 radical (unpaired) electrons. The molecule has 0 bridgehead atoms. The summed E-state index contributed by atoms with van der Waals surface area (Å²) < 4.78 is 0. The Morgan fingerprint density at radius 2 is 2.10 bits per heavy atom. The van der Waals surface area contributed by atoms with Gasteiger partial charge in [0.05, 0.1) is 21.2 Å². The SMILES string of the molecule is CCN(C(=O)c1cc([N+](=O)[O-])cc(Cl)c1N)C1CCCC1. The highest BCUT2D eigenvalue weighted by atomic mass is 35.5. The van der Waals surface area contributed by atoms with Crippen molar-refractivity contribution in [2.45, 2.75) is 38.6 Å². The van der Waals surface area contributed by atoms with Crippen LogP contribution in [-0.4, -0.2) is 28.3 Å². The number of nitrogens with zero attached hydrogens (tertiary/aromatic N) is 2. The zero-order valence-electron chi connectivity index (χ0n) is 11.8. The van der Waals surface area contributed by atoms with Crippen LogP contribution in [0.1, 0.15) is 43.0 Å². The van der Waals surface area contributed by atoms with Crippen molar-refractivity contribution < 1.29 is 9.72 Å². The number of nitro benzene ring substituents is 1. The molecule has 6 nitrogen and oxygen atoms in total. The van der Waals surface area contributed by atoms with E-state index in [0.29, 0.717) is 6.54 Å². The standard InChI is InChI=1S/C14H18ClN3O3/c1-2-17(9-5-3-4-6-9)14(19)11-7-10(18(20)21)8-12(15)13(11)16/h7-9H,2-6,16H2,1H3. The van der Waals surface area contributed by atoms with Gasteiger partial charge in [0.25, 0.3) is 11.6 Å². The molecule has 1 aromatic rings. The Hall–Kier alpha value is -1.82. The minimum atomic E-state index is -0.575. The van der Waals surface area contributed by atoms with Crippen molar-refractivity contribution in [3.8, 4) is 0 Å². The maximum Gasteiger partial charge on any atom is 0.271 e. The van der Waals surface area contributed by atoms with Crippen molar-refractivity contribution in [1.82, 2.24) is 4.90 Å². The maximum absolute atomic E-state index is 12.7. The molecule has 0 spiro atoms. The molecule has 0 saturated heterocycles. The first kappa shape index (κ1) is 15.6. The molecule has 1 aromatic carbocycles. The average molecular weight is 312 g/mol. The summed E-state index contributed by atoms with van der Waals surface area (Å²) in [7, 11) is 0. The molecule has 0 unspecified atom stereocenters. The second-order valence-corrected chi connectivity index (χ2v) is 5.58. The first-order chi connectivity index (χ1) is 9.95. The number of rotatable bonds is 4. The molecule has 1 aliphatic carbocycles. The van der Waals surface area contributed by atoms with E-state index in [1.807, 2.05) is 6.92 Å². The van der Waals surface area contributed by atoms with E-state index in [2.05, 4.69) is 0 Å². The highest BCUT2D eigenvalue weighted by Crippen LogP contribution is 2.31. The number of anilines is 1. The number of nitro groups is 1. The Kier molecular flexibility index (Phi) is 4.67. The van der Waals surface area contributed by atoms with E-state index < -0.39 is 4.92 Å². The Bertz CT molecular complexity index is 571. The monoisotopic (exact) mass is 311 g/mol. The second-order valence-electron chi connectivity index (χ2n) is 5.18. The van der Waals surface area contributed by atoms with Crippen molar-refractivity contribution in [2.75, 3.05) is 12.3 Å². The van der Waals surface area contributed by atoms with Gasteiger partial charge in [-0.15, -0.1) is 0 Å². The molecule has 114 valence electrons. The molecule has 0 aromatic heterocycles. The Balaban J connectivity index is 2.39. The van der Waals surface area contributed by atoms with Crippen LogP contribution in [0.2, 0.25) is 5.02 Å². The van der Waals surface area contributed by atoms with Gasteiger partial charge in [0.2, 0.25) is 0 Å². The molecular weight excluding hydrogens is 294 g/mol. The molecule has 7 heteroatoms. The first-order valence-electron chi connectivity index (χ1n) is 7.00. The van der Waals surface area contributed by atoms with Crippen LogP contribution >= 0.6 is 11.6 Å². The molecule has 0 heterocycles. The number of carbonyl (C=O) groups is 1. The molecule has 1 aliphatic rings. The van der Waals surface area contributed by atoms with Crippen LogP contribution in [-0.2, 0) is 0 Å². The Morgan fingerprint density at radius 1 is 1.48 bits per heavy atom. The van der Waals surface area contributed by atoms with Gasteiger partial charge in [-0.05, 0) is 19.8 Å². The van der Waals surface area contributed by atoms with Crippen molar-refractivity contribution in [2.24, 2.45) is 0 Å². The minimum absolute atomic E-state index is 0.0371. The quantitative estimate of drug-likeness (QED) is 0.525. The molecule has 0 atom stereocenters. The van der Waals surface area contributed by atoms with Gasteiger partial charge in [0.1, 0.15) is 0 Å². The van der Waals surface area contributed by atoms with Crippen LogP contribution in [0, 0.1) is 10.1 Å². The van der Waals surface area contributed by atoms with Crippen LogP contribution in [0.25, 0.3) is 0 Å². The number of hydrogen-bond acceptors (Lipinski definition) is 4. The summed E-state index contributed by atoms with van der Waals surface area (Å²) in [4.78, 5) is 24.8. The van der Waals surface area contributed by atoms with Gasteiger partial charge in [-0.1, -0.05) is 24.4 Å². The van der Waals surface area contributed by atoms with Crippen LogP contribution < -0.4 is 5.73 Å². The third kappa shape index (κ3) is 3.10. The molecule has 21 heavy (non-hydrogen) atoms. The maximum atomic E-state index is 12.7. The highest BCUT2D eigenvalue weighted by Gasteiger charge is 2.29. The highest BCUT2D eigenvalue weighted by molar-refractivity contribution is 6.34. The Labute approximate surface area is 128 Å². The van der Waals surface area contributed by atoms with Crippen LogP contribution in [0.15, 0.2) is 12.1 Å². The van der Waals surface area contributed by atoms with Gasteiger partial charge in [-0.3, -0.25) is 14.9 Å². The Morgan fingerprint density at radius 3 is 2.62 bits per heavy atom. The van der Waals surface area contributed by atoms with E-state index in [1.165, 1.54) is 12.1 Å². The predicted octanol–water partition coefficient (Wildman–Crippen LogP) is 3.24. The summed E-state index contributed by atoms with van der Waals surface area (Å²) in [6, 6.07) is 2.56. The molecular formula is C14H18ClN3O3. The van der Waals surface area contributed by atoms with E-state index in [1.54, 1.807) is 4.90 Å². The minimum Gasteiger partial charge on any atom is -0.397 e. The van der Waals surface area contributed by atoms with Crippen molar-refractivity contribution in [1.29, 1.82) is 0 Å². The number of benzene rings is 1. The molecule has 2 N–H and O–H groups in total.